The fraction of sp³-hybridized carbons (Fsp3) is 0.278. The first-order chi connectivity index (χ1) is 9.64. The van der Waals surface area contributed by atoms with Gasteiger partial charge >= 0.3 is 0 Å². The Labute approximate surface area is 118 Å². The first kappa shape index (κ1) is 12.9. The number of nitriles is 1. The lowest BCUT2D eigenvalue weighted by Crippen LogP contribution is -2.24. The van der Waals surface area contributed by atoms with E-state index in [1.807, 2.05) is 25.1 Å². The molecule has 2 aromatic rings. The number of aryl methyl sites for hydroxylation is 2. The first-order valence-corrected chi connectivity index (χ1v) is 6.89. The Morgan fingerprint density at radius 3 is 2.80 bits per heavy atom. The molecule has 0 aromatic heterocycles. The maximum Gasteiger partial charge on any atom is 0.123 e. The highest BCUT2D eigenvalue weighted by molar-refractivity contribution is 5.46. The summed E-state index contributed by atoms with van der Waals surface area (Å²) < 4.78 is 13.2. The van der Waals surface area contributed by atoms with Gasteiger partial charge in [-0.1, -0.05) is 30.3 Å². The van der Waals surface area contributed by atoms with Crippen molar-refractivity contribution < 1.29 is 4.39 Å². The second-order valence-corrected chi connectivity index (χ2v) is 5.60. The summed E-state index contributed by atoms with van der Waals surface area (Å²) >= 11 is 0. The van der Waals surface area contributed by atoms with E-state index in [0.717, 1.165) is 29.5 Å². The third-order valence-corrected chi connectivity index (χ3v) is 4.36. The van der Waals surface area contributed by atoms with E-state index in [2.05, 4.69) is 18.2 Å². The molecule has 1 atom stereocenters. The third kappa shape index (κ3) is 2.00. The predicted octanol–water partition coefficient (Wildman–Crippen LogP) is 4.08. The van der Waals surface area contributed by atoms with Gasteiger partial charge in [-0.3, -0.25) is 0 Å². The second-order valence-electron chi connectivity index (χ2n) is 5.60. The van der Waals surface area contributed by atoms with Gasteiger partial charge in [-0.15, -0.1) is 0 Å². The van der Waals surface area contributed by atoms with Crippen LogP contribution in [0.3, 0.4) is 0 Å². The maximum absolute atomic E-state index is 13.2. The molecule has 3 rings (SSSR count). The van der Waals surface area contributed by atoms with E-state index < -0.39 is 5.41 Å². The predicted molar refractivity (Wildman–Crippen MR) is 76.9 cm³/mol. The maximum atomic E-state index is 13.2. The van der Waals surface area contributed by atoms with Gasteiger partial charge < -0.3 is 0 Å². The molecule has 2 heteroatoms. The van der Waals surface area contributed by atoms with E-state index in [0.29, 0.717) is 6.42 Å². The quantitative estimate of drug-likeness (QED) is 0.802. The van der Waals surface area contributed by atoms with E-state index in [1.54, 1.807) is 6.07 Å². The SMILES string of the molecule is Cc1cc(F)ccc1CC1(C#N)CCc2ccccc21. The Kier molecular flexibility index (Phi) is 3.06. The van der Waals surface area contributed by atoms with Crippen LogP contribution in [0.2, 0.25) is 0 Å². The van der Waals surface area contributed by atoms with Gasteiger partial charge in [0, 0.05) is 0 Å². The molecule has 1 aliphatic carbocycles. The van der Waals surface area contributed by atoms with Crippen molar-refractivity contribution in [1.29, 1.82) is 5.26 Å². The molecule has 0 spiro atoms. The van der Waals surface area contributed by atoms with Crippen LogP contribution in [0.1, 0.15) is 28.7 Å². The Hall–Kier alpha value is -2.14. The van der Waals surface area contributed by atoms with Crippen molar-refractivity contribution in [2.45, 2.75) is 31.6 Å². The molecule has 0 saturated carbocycles. The molecular weight excluding hydrogens is 249 g/mol. The molecule has 100 valence electrons. The molecule has 0 saturated heterocycles. The molecule has 1 nitrogen and oxygen atoms in total. The van der Waals surface area contributed by atoms with Gasteiger partial charge in [-0.25, -0.2) is 4.39 Å². The summed E-state index contributed by atoms with van der Waals surface area (Å²) in [5.74, 6) is -0.218. The van der Waals surface area contributed by atoms with Gasteiger partial charge in [0.25, 0.3) is 0 Å². The van der Waals surface area contributed by atoms with Gasteiger partial charge in [0.2, 0.25) is 0 Å². The lowest BCUT2D eigenvalue weighted by molar-refractivity contribution is 0.538. The van der Waals surface area contributed by atoms with Gasteiger partial charge in [0.1, 0.15) is 5.82 Å². The van der Waals surface area contributed by atoms with Crippen LogP contribution in [0, 0.1) is 24.1 Å². The van der Waals surface area contributed by atoms with Crippen LogP contribution in [0.15, 0.2) is 42.5 Å². The second kappa shape index (κ2) is 4.76. The summed E-state index contributed by atoms with van der Waals surface area (Å²) in [4.78, 5) is 0. The van der Waals surface area contributed by atoms with Crippen molar-refractivity contribution in [3.05, 3.63) is 70.5 Å². The lowest BCUT2D eigenvalue weighted by Gasteiger charge is -2.23. The molecule has 20 heavy (non-hydrogen) atoms. The van der Waals surface area contributed by atoms with Crippen molar-refractivity contribution in [3.63, 3.8) is 0 Å². The molecule has 0 aliphatic heterocycles. The largest absolute Gasteiger partial charge is 0.207 e. The molecule has 0 amide bonds. The van der Waals surface area contributed by atoms with Gasteiger partial charge in [0.15, 0.2) is 0 Å². The topological polar surface area (TPSA) is 23.8 Å². The summed E-state index contributed by atoms with van der Waals surface area (Å²) in [7, 11) is 0. The molecule has 0 bridgehead atoms. The van der Waals surface area contributed by atoms with Crippen LogP contribution in [-0.2, 0) is 18.3 Å². The van der Waals surface area contributed by atoms with E-state index in [9.17, 15) is 9.65 Å². The smallest absolute Gasteiger partial charge is 0.123 e. The van der Waals surface area contributed by atoms with Crippen molar-refractivity contribution in [2.75, 3.05) is 0 Å². The Bertz CT molecular complexity index is 699. The number of benzene rings is 2. The fourth-order valence-corrected chi connectivity index (χ4v) is 3.21. The normalized spacial score (nSPS) is 20.4. The molecule has 1 aliphatic rings. The molecule has 0 N–H and O–H groups in total. The van der Waals surface area contributed by atoms with Crippen LogP contribution >= 0.6 is 0 Å². The highest BCUT2D eigenvalue weighted by atomic mass is 19.1. The standard InChI is InChI=1S/C18H16FN/c1-13-10-16(19)7-6-15(13)11-18(12-20)9-8-14-4-2-3-5-17(14)18/h2-7,10H,8-9,11H2,1H3. The molecule has 0 radical (unpaired) electrons. The minimum atomic E-state index is -0.459. The summed E-state index contributed by atoms with van der Waals surface area (Å²) in [5.41, 5.74) is 3.94. The minimum absolute atomic E-state index is 0.218. The zero-order valence-corrected chi connectivity index (χ0v) is 11.5. The highest BCUT2D eigenvalue weighted by Gasteiger charge is 2.39. The Morgan fingerprint density at radius 2 is 2.05 bits per heavy atom. The lowest BCUT2D eigenvalue weighted by atomic mass is 9.77. The Balaban J connectivity index is 2.02. The first-order valence-electron chi connectivity index (χ1n) is 6.89. The minimum Gasteiger partial charge on any atom is -0.207 e. The zero-order chi connectivity index (χ0) is 14.2. The number of hydrogen-bond acceptors (Lipinski definition) is 1. The average Bonchev–Trinajstić information content (AvgIpc) is 2.82. The highest BCUT2D eigenvalue weighted by Crippen LogP contribution is 2.41. The number of fused-ring (bicyclic) bond motifs is 1. The summed E-state index contributed by atoms with van der Waals surface area (Å²) in [6.07, 6.45) is 2.45. The number of nitrogens with zero attached hydrogens (tertiary/aromatic N) is 1. The van der Waals surface area contributed by atoms with Gasteiger partial charge in [-0.2, -0.15) is 5.26 Å². The average molecular weight is 265 g/mol. The van der Waals surface area contributed by atoms with Crippen molar-refractivity contribution in [3.8, 4) is 6.07 Å². The van der Waals surface area contributed by atoms with E-state index in [4.69, 9.17) is 0 Å². The molecule has 1 unspecified atom stereocenters. The van der Waals surface area contributed by atoms with Gasteiger partial charge in [0.05, 0.1) is 11.5 Å². The summed E-state index contributed by atoms with van der Waals surface area (Å²) in [5, 5.41) is 9.75. The van der Waals surface area contributed by atoms with Crippen LogP contribution in [0.25, 0.3) is 0 Å². The van der Waals surface area contributed by atoms with E-state index in [-0.39, 0.29) is 5.82 Å². The van der Waals surface area contributed by atoms with E-state index >= 15 is 0 Å². The summed E-state index contributed by atoms with van der Waals surface area (Å²) in [6.45, 7) is 1.91. The van der Waals surface area contributed by atoms with Crippen LogP contribution in [0.4, 0.5) is 4.39 Å². The fourth-order valence-electron chi connectivity index (χ4n) is 3.21. The molecular formula is C18H16FN. The molecule has 0 fully saturated rings. The van der Waals surface area contributed by atoms with E-state index in [1.165, 1.54) is 11.6 Å². The number of halogens is 1. The molecule has 2 aromatic carbocycles. The third-order valence-electron chi connectivity index (χ3n) is 4.36. The van der Waals surface area contributed by atoms with Crippen molar-refractivity contribution in [2.24, 2.45) is 0 Å². The van der Waals surface area contributed by atoms with Crippen LogP contribution in [-0.4, -0.2) is 0 Å². The van der Waals surface area contributed by atoms with Crippen LogP contribution in [0.5, 0.6) is 0 Å². The van der Waals surface area contributed by atoms with Gasteiger partial charge in [-0.05, 0) is 60.6 Å². The Morgan fingerprint density at radius 1 is 1.25 bits per heavy atom. The monoisotopic (exact) mass is 265 g/mol. The zero-order valence-electron chi connectivity index (χ0n) is 11.5. The van der Waals surface area contributed by atoms with Crippen LogP contribution < -0.4 is 0 Å². The molecule has 0 heterocycles. The summed E-state index contributed by atoms with van der Waals surface area (Å²) in [6, 6.07) is 15.5. The number of hydrogen-bond donors (Lipinski definition) is 0. The number of rotatable bonds is 2. The van der Waals surface area contributed by atoms with Crippen molar-refractivity contribution >= 4 is 0 Å². The van der Waals surface area contributed by atoms with Crippen molar-refractivity contribution in [1.82, 2.24) is 0 Å².